The fourth-order valence-electron chi connectivity index (χ4n) is 2.80. The molecule has 0 spiro atoms. The van der Waals surface area contributed by atoms with Gasteiger partial charge in [-0.3, -0.25) is 0 Å². The van der Waals surface area contributed by atoms with Crippen molar-refractivity contribution in [3.63, 3.8) is 0 Å². The molecule has 1 aromatic rings. The fraction of sp³-hybridized carbons (Fsp3) is 0.600. The summed E-state index contributed by atoms with van der Waals surface area (Å²) in [5.74, 6) is 0.862. The monoisotopic (exact) mass is 219 g/mol. The molecule has 0 saturated heterocycles. The van der Waals surface area contributed by atoms with Crippen molar-refractivity contribution in [3.05, 3.63) is 35.4 Å². The number of benzene rings is 1. The molecule has 0 bridgehead atoms. The van der Waals surface area contributed by atoms with Crippen LogP contribution in [0.5, 0.6) is 0 Å². The molecule has 90 valence electrons. The highest BCUT2D eigenvalue weighted by Gasteiger charge is 2.18. The van der Waals surface area contributed by atoms with Crippen LogP contribution in [-0.2, 0) is 6.42 Å². The first-order chi connectivity index (χ1) is 7.42. The molecule has 0 radical (unpaired) electrons. The molecule has 0 saturated carbocycles. The predicted octanol–water partition coefficient (Wildman–Crippen LogP) is 4.85. The van der Waals surface area contributed by atoms with E-state index in [1.54, 1.807) is 11.1 Å². The molecule has 1 aliphatic carbocycles. The molecular weight excluding hydrogens is 194 g/mol. The summed E-state index contributed by atoms with van der Waals surface area (Å²) in [6.45, 7) is 2.29. The van der Waals surface area contributed by atoms with Gasteiger partial charge in [-0.1, -0.05) is 50.5 Å². The molecule has 1 aromatic carbocycles. The van der Waals surface area contributed by atoms with Gasteiger partial charge in [0.2, 0.25) is 0 Å². The van der Waals surface area contributed by atoms with Crippen molar-refractivity contribution in [1.29, 1.82) is 0 Å². The van der Waals surface area contributed by atoms with Gasteiger partial charge in [-0.05, 0) is 42.7 Å². The molecule has 1 heteroatoms. The second-order valence-corrected chi connectivity index (χ2v) is 4.78. The summed E-state index contributed by atoms with van der Waals surface area (Å²) in [6, 6.07) is 9.07. The molecule has 1 nitrogen and oxygen atoms in total. The first-order valence-electron chi connectivity index (χ1n) is 6.49. The van der Waals surface area contributed by atoms with E-state index < -0.39 is 0 Å². The number of rotatable bonds is 4. The minimum Gasteiger partial charge on any atom is -0.344 e. The first kappa shape index (κ1) is 13.2. The summed E-state index contributed by atoms with van der Waals surface area (Å²) in [7, 11) is 0. The number of fused-ring (bicyclic) bond motifs is 1. The van der Waals surface area contributed by atoms with Crippen LogP contribution in [0.2, 0.25) is 0 Å². The molecule has 1 unspecified atom stereocenters. The summed E-state index contributed by atoms with van der Waals surface area (Å²) in [5, 5.41) is 0. The molecule has 0 aliphatic heterocycles. The maximum Gasteiger partial charge on any atom is -0.0159 e. The van der Waals surface area contributed by atoms with Crippen LogP contribution in [0.25, 0.3) is 0 Å². The molecule has 0 heterocycles. The second kappa shape index (κ2) is 6.70. The Balaban J connectivity index is 0.00000128. The van der Waals surface area contributed by atoms with Gasteiger partial charge in [0.05, 0.1) is 0 Å². The number of hydrogen-bond acceptors (Lipinski definition) is 1. The van der Waals surface area contributed by atoms with Crippen LogP contribution < -0.4 is 6.15 Å². The van der Waals surface area contributed by atoms with E-state index in [4.69, 9.17) is 0 Å². The van der Waals surface area contributed by atoms with Gasteiger partial charge in [-0.2, -0.15) is 0 Å². The van der Waals surface area contributed by atoms with E-state index in [9.17, 15) is 0 Å². The van der Waals surface area contributed by atoms with Gasteiger partial charge in [0.25, 0.3) is 0 Å². The zero-order valence-corrected chi connectivity index (χ0v) is 10.5. The Morgan fingerprint density at radius 3 is 2.81 bits per heavy atom. The minimum atomic E-state index is 0. The van der Waals surface area contributed by atoms with Crippen LogP contribution in [0, 0.1) is 0 Å². The Labute approximate surface area is 99.8 Å². The molecule has 0 amide bonds. The van der Waals surface area contributed by atoms with Crippen LogP contribution in [0.4, 0.5) is 0 Å². The van der Waals surface area contributed by atoms with Gasteiger partial charge in [0.15, 0.2) is 0 Å². The summed E-state index contributed by atoms with van der Waals surface area (Å²) in [6.07, 6.45) is 9.68. The normalized spacial score (nSPS) is 18.7. The highest BCUT2D eigenvalue weighted by Crippen LogP contribution is 2.34. The van der Waals surface area contributed by atoms with Crippen LogP contribution in [0.1, 0.15) is 62.5 Å². The topological polar surface area (TPSA) is 35.0 Å². The average molecular weight is 219 g/mol. The largest absolute Gasteiger partial charge is 0.344 e. The second-order valence-electron chi connectivity index (χ2n) is 4.78. The number of hydrogen-bond donors (Lipinski definition) is 1. The Hall–Kier alpha value is -0.820. The number of unbranched alkanes of at least 4 members (excludes halogenated alkanes) is 2. The molecule has 1 atom stereocenters. The maximum atomic E-state index is 2.35. The van der Waals surface area contributed by atoms with E-state index in [1.165, 1.54) is 44.9 Å². The Bertz CT molecular complexity index is 306. The molecule has 1 aliphatic rings. The third-order valence-corrected chi connectivity index (χ3v) is 3.65. The van der Waals surface area contributed by atoms with E-state index in [1.807, 2.05) is 0 Å². The highest BCUT2D eigenvalue weighted by atomic mass is 14.2. The van der Waals surface area contributed by atoms with Crippen LogP contribution in [0.15, 0.2) is 24.3 Å². The van der Waals surface area contributed by atoms with E-state index in [0.29, 0.717) is 0 Å². The third kappa shape index (κ3) is 3.08. The average Bonchev–Trinajstić information content (AvgIpc) is 2.30. The Morgan fingerprint density at radius 2 is 2.00 bits per heavy atom. The fourth-order valence-corrected chi connectivity index (χ4v) is 2.80. The summed E-state index contributed by atoms with van der Waals surface area (Å²) >= 11 is 0. The first-order valence-corrected chi connectivity index (χ1v) is 6.49. The minimum absolute atomic E-state index is 0. The highest BCUT2D eigenvalue weighted by molar-refractivity contribution is 5.32. The smallest absolute Gasteiger partial charge is 0.0159 e. The zero-order valence-electron chi connectivity index (χ0n) is 10.5. The molecule has 16 heavy (non-hydrogen) atoms. The standard InChI is InChI=1S/C15H22.H3N/c1-2-3-4-8-13-10-7-11-14-9-5-6-12-15(13)14;/h5-6,9,12-13H,2-4,7-8,10-11H2,1H3;1H3. The van der Waals surface area contributed by atoms with Crippen LogP contribution >= 0.6 is 0 Å². The lowest BCUT2D eigenvalue weighted by molar-refractivity contribution is 0.494. The molecule has 0 aromatic heterocycles. The summed E-state index contributed by atoms with van der Waals surface area (Å²) in [4.78, 5) is 0. The zero-order chi connectivity index (χ0) is 10.5. The molecular formula is C15H25N. The van der Waals surface area contributed by atoms with Crippen LogP contribution in [0.3, 0.4) is 0 Å². The summed E-state index contributed by atoms with van der Waals surface area (Å²) in [5.41, 5.74) is 3.27. The van der Waals surface area contributed by atoms with Gasteiger partial charge in [-0.15, -0.1) is 0 Å². The van der Waals surface area contributed by atoms with Crippen molar-refractivity contribution in [3.8, 4) is 0 Å². The predicted molar refractivity (Wildman–Crippen MR) is 71.3 cm³/mol. The number of aryl methyl sites for hydroxylation is 1. The molecule has 2 rings (SSSR count). The molecule has 3 N–H and O–H groups in total. The lowest BCUT2D eigenvalue weighted by atomic mass is 9.80. The van der Waals surface area contributed by atoms with Gasteiger partial charge < -0.3 is 6.15 Å². The van der Waals surface area contributed by atoms with Gasteiger partial charge in [-0.25, -0.2) is 0 Å². The van der Waals surface area contributed by atoms with Crippen molar-refractivity contribution < 1.29 is 0 Å². The summed E-state index contributed by atoms with van der Waals surface area (Å²) < 4.78 is 0. The Kier molecular flexibility index (Phi) is 5.54. The quantitative estimate of drug-likeness (QED) is 0.722. The van der Waals surface area contributed by atoms with Crippen molar-refractivity contribution in [2.45, 2.75) is 57.8 Å². The van der Waals surface area contributed by atoms with Crippen molar-refractivity contribution in [1.82, 2.24) is 6.15 Å². The molecule has 0 fully saturated rings. The van der Waals surface area contributed by atoms with E-state index in [2.05, 4.69) is 31.2 Å². The van der Waals surface area contributed by atoms with Crippen molar-refractivity contribution in [2.75, 3.05) is 0 Å². The van der Waals surface area contributed by atoms with Crippen molar-refractivity contribution >= 4 is 0 Å². The maximum absolute atomic E-state index is 2.35. The van der Waals surface area contributed by atoms with E-state index in [0.717, 1.165) is 5.92 Å². The van der Waals surface area contributed by atoms with Gasteiger partial charge in [0.1, 0.15) is 0 Å². The Morgan fingerprint density at radius 1 is 1.19 bits per heavy atom. The lowest BCUT2D eigenvalue weighted by Crippen LogP contribution is -2.09. The van der Waals surface area contributed by atoms with Gasteiger partial charge >= 0.3 is 0 Å². The van der Waals surface area contributed by atoms with Gasteiger partial charge in [0, 0.05) is 0 Å². The lowest BCUT2D eigenvalue weighted by Gasteiger charge is -2.25. The third-order valence-electron chi connectivity index (χ3n) is 3.65. The SMILES string of the molecule is CCCCCC1CCCc2ccccc21.N. The van der Waals surface area contributed by atoms with Crippen molar-refractivity contribution in [2.24, 2.45) is 0 Å². The van der Waals surface area contributed by atoms with E-state index >= 15 is 0 Å². The van der Waals surface area contributed by atoms with E-state index in [-0.39, 0.29) is 6.15 Å². The van der Waals surface area contributed by atoms with Crippen LogP contribution in [-0.4, -0.2) is 0 Å².